The van der Waals surface area contributed by atoms with Crippen LogP contribution >= 0.6 is 0 Å². The molecule has 162 valence electrons. The Balaban J connectivity index is 1.61. The second-order valence-electron chi connectivity index (χ2n) is 6.79. The zero-order chi connectivity index (χ0) is 22.7. The van der Waals surface area contributed by atoms with Gasteiger partial charge in [-0.05, 0) is 60.7 Å². The number of carbonyl (C=O) groups is 1. The van der Waals surface area contributed by atoms with Crippen LogP contribution in [0.1, 0.15) is 10.4 Å². The number of nitrogens with one attached hydrogen (secondary N) is 2. The van der Waals surface area contributed by atoms with Gasteiger partial charge in [-0.3, -0.25) is 9.52 Å². The number of amides is 1. The Bertz CT molecular complexity index is 1460. The fourth-order valence-electron chi connectivity index (χ4n) is 3.06. The molecule has 3 aromatic carbocycles. The van der Waals surface area contributed by atoms with E-state index in [0.717, 1.165) is 0 Å². The third kappa shape index (κ3) is 4.47. The summed E-state index contributed by atoms with van der Waals surface area (Å²) in [6.45, 7) is 0. The van der Waals surface area contributed by atoms with Crippen LogP contribution in [0.5, 0.6) is 5.75 Å². The topological polar surface area (TPSA) is 115 Å². The SMILES string of the molecule is COc1ccc(NC(=O)c2ccccc2NS(=O)(=O)c2ccc3oc(=O)ccc3c2)cc1. The van der Waals surface area contributed by atoms with Gasteiger partial charge in [-0.2, -0.15) is 0 Å². The zero-order valence-corrected chi connectivity index (χ0v) is 17.7. The van der Waals surface area contributed by atoms with Gasteiger partial charge < -0.3 is 14.5 Å². The molecule has 0 spiro atoms. The summed E-state index contributed by atoms with van der Waals surface area (Å²) >= 11 is 0. The zero-order valence-electron chi connectivity index (χ0n) is 16.9. The molecule has 0 saturated heterocycles. The number of ether oxygens (including phenoxy) is 1. The molecule has 32 heavy (non-hydrogen) atoms. The number of carbonyl (C=O) groups excluding carboxylic acids is 1. The maximum absolute atomic E-state index is 13.0. The summed E-state index contributed by atoms with van der Waals surface area (Å²) in [6.07, 6.45) is 0. The molecule has 0 aliphatic rings. The molecule has 2 N–H and O–H groups in total. The summed E-state index contributed by atoms with van der Waals surface area (Å²) in [4.78, 5) is 24.1. The number of rotatable bonds is 6. The maximum Gasteiger partial charge on any atom is 0.336 e. The number of hydrogen-bond acceptors (Lipinski definition) is 6. The molecule has 1 amide bonds. The number of para-hydroxylation sites is 1. The lowest BCUT2D eigenvalue weighted by atomic mass is 10.1. The Morgan fingerprint density at radius 2 is 1.69 bits per heavy atom. The lowest BCUT2D eigenvalue weighted by Crippen LogP contribution is -2.18. The van der Waals surface area contributed by atoms with E-state index in [1.807, 2.05) is 0 Å². The molecule has 1 heterocycles. The van der Waals surface area contributed by atoms with Crippen LogP contribution in [0.4, 0.5) is 11.4 Å². The van der Waals surface area contributed by atoms with Gasteiger partial charge in [-0.15, -0.1) is 0 Å². The summed E-state index contributed by atoms with van der Waals surface area (Å²) < 4.78 is 38.5. The Kier molecular flexibility index (Phi) is 5.65. The first-order valence-corrected chi connectivity index (χ1v) is 11.0. The Hall–Kier alpha value is -4.11. The van der Waals surface area contributed by atoms with Gasteiger partial charge in [0.05, 0.1) is 23.3 Å². The molecule has 0 bridgehead atoms. The molecule has 0 aliphatic carbocycles. The predicted octanol–water partition coefficient (Wildman–Crippen LogP) is 3.85. The minimum absolute atomic E-state index is 0.0378. The summed E-state index contributed by atoms with van der Waals surface area (Å²) in [5, 5.41) is 3.19. The van der Waals surface area contributed by atoms with Crippen LogP contribution in [0.15, 0.2) is 93.0 Å². The van der Waals surface area contributed by atoms with E-state index < -0.39 is 21.6 Å². The van der Waals surface area contributed by atoms with E-state index in [1.54, 1.807) is 43.5 Å². The Morgan fingerprint density at radius 1 is 0.938 bits per heavy atom. The number of sulfonamides is 1. The van der Waals surface area contributed by atoms with Crippen LogP contribution in [-0.4, -0.2) is 21.4 Å². The molecular weight excluding hydrogens is 432 g/mol. The molecule has 9 heteroatoms. The standard InChI is InChI=1S/C23H18N2O6S/c1-30-17-9-7-16(8-10-17)24-23(27)19-4-2-3-5-20(19)25-32(28,29)18-11-12-21-15(14-18)6-13-22(26)31-21/h2-14,25H,1H3,(H,24,27). The highest BCUT2D eigenvalue weighted by Gasteiger charge is 2.19. The lowest BCUT2D eigenvalue weighted by molar-refractivity contribution is 0.102. The van der Waals surface area contributed by atoms with Crippen molar-refractivity contribution in [2.24, 2.45) is 0 Å². The molecule has 8 nitrogen and oxygen atoms in total. The molecular formula is C23H18N2O6S. The third-order valence-electron chi connectivity index (χ3n) is 4.66. The number of benzene rings is 3. The van der Waals surface area contributed by atoms with Gasteiger partial charge in [-0.25, -0.2) is 13.2 Å². The smallest absolute Gasteiger partial charge is 0.336 e. The monoisotopic (exact) mass is 450 g/mol. The molecule has 0 radical (unpaired) electrons. The molecule has 1 aromatic heterocycles. The van der Waals surface area contributed by atoms with E-state index in [4.69, 9.17) is 9.15 Å². The number of anilines is 2. The average Bonchev–Trinajstić information content (AvgIpc) is 2.79. The number of fused-ring (bicyclic) bond motifs is 1. The van der Waals surface area contributed by atoms with E-state index in [9.17, 15) is 18.0 Å². The van der Waals surface area contributed by atoms with Gasteiger partial charge in [0.15, 0.2) is 0 Å². The summed E-state index contributed by atoms with van der Waals surface area (Å²) in [6, 6.07) is 19.9. The van der Waals surface area contributed by atoms with Crippen molar-refractivity contribution < 1.29 is 22.4 Å². The Morgan fingerprint density at radius 3 is 2.44 bits per heavy atom. The van der Waals surface area contributed by atoms with Gasteiger partial charge in [-0.1, -0.05) is 12.1 Å². The Labute approximate surface area is 183 Å². The minimum Gasteiger partial charge on any atom is -0.497 e. The molecule has 0 fully saturated rings. The van der Waals surface area contributed by atoms with Crippen LogP contribution in [-0.2, 0) is 10.0 Å². The lowest BCUT2D eigenvalue weighted by Gasteiger charge is -2.13. The minimum atomic E-state index is -4.02. The third-order valence-corrected chi connectivity index (χ3v) is 6.03. The van der Waals surface area contributed by atoms with Crippen LogP contribution < -0.4 is 20.4 Å². The normalized spacial score (nSPS) is 11.2. The van der Waals surface area contributed by atoms with Gasteiger partial charge in [0.25, 0.3) is 15.9 Å². The summed E-state index contributed by atoms with van der Waals surface area (Å²) in [5.74, 6) is 0.166. The van der Waals surface area contributed by atoms with Crippen LogP contribution in [0, 0.1) is 0 Å². The van der Waals surface area contributed by atoms with Gasteiger partial charge in [0, 0.05) is 17.1 Å². The van der Waals surface area contributed by atoms with Crippen molar-refractivity contribution in [2.45, 2.75) is 4.90 Å². The highest BCUT2D eigenvalue weighted by molar-refractivity contribution is 7.92. The maximum atomic E-state index is 13.0. The van der Waals surface area contributed by atoms with E-state index in [0.29, 0.717) is 16.8 Å². The second kappa shape index (κ2) is 8.56. The fraction of sp³-hybridized carbons (Fsp3) is 0.0435. The van der Waals surface area contributed by atoms with E-state index >= 15 is 0 Å². The average molecular weight is 450 g/mol. The number of methoxy groups -OCH3 is 1. The summed E-state index contributed by atoms with van der Waals surface area (Å²) in [7, 11) is -2.48. The van der Waals surface area contributed by atoms with E-state index in [1.165, 1.54) is 42.5 Å². The summed E-state index contributed by atoms with van der Waals surface area (Å²) in [5.41, 5.74) is 0.556. The predicted molar refractivity (Wildman–Crippen MR) is 121 cm³/mol. The van der Waals surface area contributed by atoms with Crippen molar-refractivity contribution in [1.82, 2.24) is 0 Å². The first-order valence-electron chi connectivity index (χ1n) is 9.47. The highest BCUT2D eigenvalue weighted by Crippen LogP contribution is 2.24. The first-order chi connectivity index (χ1) is 15.4. The highest BCUT2D eigenvalue weighted by atomic mass is 32.2. The molecule has 0 saturated carbocycles. The molecule has 4 aromatic rings. The number of hydrogen-bond donors (Lipinski definition) is 2. The quantitative estimate of drug-likeness (QED) is 0.431. The molecule has 0 aliphatic heterocycles. The molecule has 4 rings (SSSR count). The largest absolute Gasteiger partial charge is 0.497 e. The van der Waals surface area contributed by atoms with Gasteiger partial charge >= 0.3 is 5.63 Å². The van der Waals surface area contributed by atoms with Gasteiger partial charge in [0.2, 0.25) is 0 Å². The van der Waals surface area contributed by atoms with Crippen LogP contribution in [0.2, 0.25) is 0 Å². The second-order valence-corrected chi connectivity index (χ2v) is 8.47. The van der Waals surface area contributed by atoms with Crippen molar-refractivity contribution in [3.05, 3.63) is 94.8 Å². The van der Waals surface area contributed by atoms with Gasteiger partial charge in [0.1, 0.15) is 11.3 Å². The fourth-order valence-corrected chi connectivity index (χ4v) is 4.18. The molecule has 0 atom stereocenters. The molecule has 0 unspecified atom stereocenters. The van der Waals surface area contributed by atoms with Crippen molar-refractivity contribution in [2.75, 3.05) is 17.1 Å². The van der Waals surface area contributed by atoms with E-state index in [2.05, 4.69) is 10.0 Å². The van der Waals surface area contributed by atoms with Crippen molar-refractivity contribution >= 4 is 38.3 Å². The first kappa shape index (κ1) is 21.1. The van der Waals surface area contributed by atoms with Crippen molar-refractivity contribution in [3.63, 3.8) is 0 Å². The van der Waals surface area contributed by atoms with Crippen LogP contribution in [0.3, 0.4) is 0 Å². The van der Waals surface area contributed by atoms with Crippen molar-refractivity contribution in [1.29, 1.82) is 0 Å². The van der Waals surface area contributed by atoms with Crippen LogP contribution in [0.25, 0.3) is 11.0 Å². The van der Waals surface area contributed by atoms with E-state index in [-0.39, 0.29) is 21.7 Å². The van der Waals surface area contributed by atoms with Crippen molar-refractivity contribution in [3.8, 4) is 5.75 Å².